The number of nitrogens with zero attached hydrogens (tertiary/aromatic N) is 1. The van der Waals surface area contributed by atoms with Crippen molar-refractivity contribution in [1.82, 2.24) is 5.32 Å². The molecule has 0 fully saturated rings. The van der Waals surface area contributed by atoms with Crippen molar-refractivity contribution in [1.29, 1.82) is 0 Å². The van der Waals surface area contributed by atoms with Gasteiger partial charge in [-0.25, -0.2) is 4.57 Å². The van der Waals surface area contributed by atoms with Gasteiger partial charge in [-0.2, -0.15) is 0 Å². The van der Waals surface area contributed by atoms with Crippen LogP contribution in [0.4, 0.5) is 0 Å². The highest BCUT2D eigenvalue weighted by Gasteiger charge is 2.28. The Balaban J connectivity index is 4.04. The molecule has 0 rings (SSSR count). The Hall–Kier alpha value is -1.28. The third-order valence-electron chi connectivity index (χ3n) is 16.6. The maximum atomic E-state index is 13.1. The minimum absolute atomic E-state index is 0.0582. The smallest absolute Gasteiger partial charge is 0.387 e. The standard InChI is InChI=1S/C72H141N2O6P/c1-6-8-10-12-14-16-18-20-22-24-26-28-30-32-34-35-36-37-38-39-40-42-44-46-48-50-52-54-56-58-60-62-64-66-72(76)73-70(69-80-81(77,78)79-68-67-74(3,4)5)71(75)65-63-61-59-57-55-53-51-49-47-45-43-41-33-31-29-27-25-23-21-19-17-15-13-11-9-7-2/h24,26,55,57,63,65,70-71,75H,6-23,25,27-54,56,58-62,64,66-69H2,1-5H3,(H-,73,76,77,78)/p+1/b26-24-,57-55+,65-63+. The largest absolute Gasteiger partial charge is 0.472 e. The normalized spacial score (nSPS) is 13.8. The maximum absolute atomic E-state index is 13.1. The van der Waals surface area contributed by atoms with Crippen molar-refractivity contribution in [2.75, 3.05) is 40.9 Å². The van der Waals surface area contributed by atoms with E-state index >= 15 is 0 Å². The predicted molar refractivity (Wildman–Crippen MR) is 355 cm³/mol. The van der Waals surface area contributed by atoms with Gasteiger partial charge in [0, 0.05) is 6.42 Å². The van der Waals surface area contributed by atoms with Gasteiger partial charge in [0.2, 0.25) is 5.91 Å². The molecular formula is C72H142N2O6P+. The van der Waals surface area contributed by atoms with Crippen molar-refractivity contribution in [2.24, 2.45) is 0 Å². The first kappa shape index (κ1) is 79.7. The highest BCUT2D eigenvalue weighted by atomic mass is 31.2. The van der Waals surface area contributed by atoms with E-state index < -0.39 is 20.0 Å². The van der Waals surface area contributed by atoms with E-state index in [1.165, 1.54) is 308 Å². The van der Waals surface area contributed by atoms with Crippen molar-refractivity contribution in [3.63, 3.8) is 0 Å². The predicted octanol–water partition coefficient (Wildman–Crippen LogP) is 22.8. The summed E-state index contributed by atoms with van der Waals surface area (Å²) in [6, 6.07) is -0.863. The number of aliphatic hydroxyl groups excluding tert-OH is 1. The molecule has 0 aliphatic rings. The zero-order chi connectivity index (χ0) is 59.1. The van der Waals surface area contributed by atoms with Crippen LogP contribution < -0.4 is 5.32 Å². The molecule has 3 atom stereocenters. The number of carbonyl (C=O) groups is 1. The number of hydrogen-bond donors (Lipinski definition) is 3. The second-order valence-electron chi connectivity index (χ2n) is 26.0. The van der Waals surface area contributed by atoms with Crippen LogP contribution in [0, 0.1) is 0 Å². The maximum Gasteiger partial charge on any atom is 0.472 e. The van der Waals surface area contributed by atoms with E-state index in [0.29, 0.717) is 17.4 Å². The highest BCUT2D eigenvalue weighted by Crippen LogP contribution is 2.43. The number of hydrogen-bond acceptors (Lipinski definition) is 5. The third kappa shape index (κ3) is 66.1. The molecule has 0 spiro atoms. The monoisotopic (exact) mass is 1160 g/mol. The number of nitrogens with one attached hydrogen (secondary N) is 1. The van der Waals surface area contributed by atoms with Gasteiger partial charge < -0.3 is 19.8 Å². The molecule has 3 N–H and O–H groups in total. The molecule has 0 aromatic rings. The molecular weight excluding hydrogens is 1020 g/mol. The summed E-state index contributed by atoms with van der Waals surface area (Å²) in [6.45, 7) is 4.85. The number of phosphoric acid groups is 1. The zero-order valence-electron chi connectivity index (χ0n) is 55.1. The summed E-state index contributed by atoms with van der Waals surface area (Å²) in [5, 5.41) is 14.0. The third-order valence-corrected chi connectivity index (χ3v) is 17.6. The van der Waals surface area contributed by atoms with Crippen LogP contribution in [0.3, 0.4) is 0 Å². The minimum atomic E-state index is -4.36. The SMILES string of the molecule is CCCCCCCCCC/C=C\CCCCCCCCCCCCCCCCCCCCCCCC(=O)NC(COP(=O)(O)OCC[N+](C)(C)C)C(O)/C=C/CC/C=C/CCCCCCCCCCCCCCCCCCCCCC. The average Bonchev–Trinajstić information content (AvgIpc) is 3.43. The zero-order valence-corrected chi connectivity index (χ0v) is 55.9. The molecule has 9 heteroatoms. The van der Waals surface area contributed by atoms with Crippen molar-refractivity contribution in [3.8, 4) is 0 Å². The van der Waals surface area contributed by atoms with E-state index in [1.54, 1.807) is 6.08 Å². The van der Waals surface area contributed by atoms with Crippen molar-refractivity contribution in [2.45, 2.75) is 379 Å². The van der Waals surface area contributed by atoms with Gasteiger partial charge in [-0.1, -0.05) is 339 Å². The lowest BCUT2D eigenvalue weighted by atomic mass is 10.0. The molecule has 0 saturated carbocycles. The quantitative estimate of drug-likeness (QED) is 0.0243. The van der Waals surface area contributed by atoms with Gasteiger partial charge in [0.25, 0.3) is 0 Å². The number of aliphatic hydroxyl groups is 1. The fourth-order valence-electron chi connectivity index (χ4n) is 11.0. The second kappa shape index (κ2) is 63.2. The Kier molecular flexibility index (Phi) is 62.2. The topological polar surface area (TPSA) is 105 Å². The van der Waals surface area contributed by atoms with Gasteiger partial charge in [-0.05, 0) is 57.8 Å². The summed E-state index contributed by atoms with van der Waals surface area (Å²) < 4.78 is 23.8. The van der Waals surface area contributed by atoms with E-state index in [1.807, 2.05) is 27.2 Å². The van der Waals surface area contributed by atoms with Crippen LogP contribution in [-0.4, -0.2) is 73.4 Å². The molecule has 0 saturated heterocycles. The summed E-state index contributed by atoms with van der Waals surface area (Å²) in [6.07, 6.45) is 84.5. The van der Waals surface area contributed by atoms with E-state index in [9.17, 15) is 19.4 Å². The van der Waals surface area contributed by atoms with Gasteiger partial charge in [0.05, 0.1) is 39.9 Å². The Morgan fingerprint density at radius 2 is 0.679 bits per heavy atom. The fourth-order valence-corrected chi connectivity index (χ4v) is 11.7. The molecule has 8 nitrogen and oxygen atoms in total. The molecule has 0 heterocycles. The Morgan fingerprint density at radius 3 is 0.988 bits per heavy atom. The second-order valence-corrected chi connectivity index (χ2v) is 27.4. The van der Waals surface area contributed by atoms with Crippen LogP contribution in [-0.2, 0) is 18.4 Å². The number of phosphoric ester groups is 1. The summed E-state index contributed by atoms with van der Waals surface area (Å²) in [4.78, 5) is 23.4. The van der Waals surface area contributed by atoms with Crippen molar-refractivity contribution < 1.29 is 32.9 Å². The number of amides is 1. The first-order chi connectivity index (χ1) is 39.5. The van der Waals surface area contributed by atoms with Crippen LogP contribution in [0.1, 0.15) is 367 Å². The van der Waals surface area contributed by atoms with E-state index in [-0.39, 0.29) is 19.1 Å². The van der Waals surface area contributed by atoms with Crippen molar-refractivity contribution in [3.05, 3.63) is 36.5 Å². The molecule has 480 valence electrons. The van der Waals surface area contributed by atoms with Crippen molar-refractivity contribution >= 4 is 13.7 Å². The molecule has 0 aliphatic heterocycles. The van der Waals surface area contributed by atoms with Gasteiger partial charge in [-0.3, -0.25) is 13.8 Å². The number of carbonyl (C=O) groups excluding carboxylic acids is 1. The number of unbranched alkanes of at least 4 members (excludes halogenated alkanes) is 50. The molecule has 0 aromatic heterocycles. The lowest BCUT2D eigenvalue weighted by Crippen LogP contribution is -2.45. The van der Waals surface area contributed by atoms with E-state index in [0.717, 1.165) is 38.5 Å². The molecule has 1 amide bonds. The molecule has 81 heavy (non-hydrogen) atoms. The summed E-state index contributed by atoms with van der Waals surface area (Å²) in [5.41, 5.74) is 0. The van der Waals surface area contributed by atoms with Gasteiger partial charge >= 0.3 is 7.82 Å². The fraction of sp³-hybridized carbons (Fsp3) is 0.903. The Morgan fingerprint density at radius 1 is 0.407 bits per heavy atom. The Labute approximate surface area is 506 Å². The van der Waals surface area contributed by atoms with Crippen LogP contribution in [0.15, 0.2) is 36.5 Å². The van der Waals surface area contributed by atoms with Crippen LogP contribution in [0.5, 0.6) is 0 Å². The molecule has 0 aliphatic carbocycles. The minimum Gasteiger partial charge on any atom is -0.387 e. The van der Waals surface area contributed by atoms with Gasteiger partial charge in [-0.15, -0.1) is 0 Å². The number of likely N-dealkylation sites (N-methyl/N-ethyl adjacent to an activating group) is 1. The van der Waals surface area contributed by atoms with Crippen LogP contribution in [0.2, 0.25) is 0 Å². The first-order valence-electron chi connectivity index (χ1n) is 35.9. The number of quaternary nitrogens is 1. The van der Waals surface area contributed by atoms with Crippen LogP contribution >= 0.6 is 7.82 Å². The molecule has 0 radical (unpaired) electrons. The van der Waals surface area contributed by atoms with Gasteiger partial charge in [0.15, 0.2) is 0 Å². The summed E-state index contributed by atoms with van der Waals surface area (Å²) >= 11 is 0. The molecule has 0 bridgehead atoms. The summed E-state index contributed by atoms with van der Waals surface area (Å²) in [7, 11) is 1.57. The first-order valence-corrected chi connectivity index (χ1v) is 37.4. The van der Waals surface area contributed by atoms with Crippen LogP contribution in [0.25, 0.3) is 0 Å². The lowest BCUT2D eigenvalue weighted by Gasteiger charge is -2.25. The Bertz CT molecular complexity index is 1410. The number of allylic oxidation sites excluding steroid dienone is 5. The van der Waals surface area contributed by atoms with E-state index in [2.05, 4.69) is 43.5 Å². The lowest BCUT2D eigenvalue weighted by molar-refractivity contribution is -0.870. The molecule has 3 unspecified atom stereocenters. The van der Waals surface area contributed by atoms with Gasteiger partial charge in [0.1, 0.15) is 13.2 Å². The van der Waals surface area contributed by atoms with E-state index in [4.69, 9.17) is 9.05 Å². The molecule has 0 aromatic carbocycles. The highest BCUT2D eigenvalue weighted by molar-refractivity contribution is 7.47. The summed E-state index contributed by atoms with van der Waals surface area (Å²) in [5.74, 6) is -0.179. The average molecular weight is 1160 g/mol. The number of rotatable bonds is 67.